The van der Waals surface area contributed by atoms with Gasteiger partial charge in [0.2, 0.25) is 0 Å². The molecule has 0 aliphatic rings. The van der Waals surface area contributed by atoms with Crippen molar-refractivity contribution in [2.75, 3.05) is 0 Å². The first kappa shape index (κ1) is 9.50. The fourth-order valence-electron chi connectivity index (χ4n) is 0.896. The lowest BCUT2D eigenvalue weighted by Gasteiger charge is -1.96. The number of nitrogens with zero attached hydrogens (tertiary/aromatic N) is 1. The number of halogens is 1. The third-order valence-electron chi connectivity index (χ3n) is 1.51. The highest BCUT2D eigenvalue weighted by Crippen LogP contribution is 2.16. The lowest BCUT2D eigenvalue weighted by molar-refractivity contribution is -0.104. The van der Waals surface area contributed by atoms with Gasteiger partial charge in [-0.3, -0.25) is 4.79 Å². The van der Waals surface area contributed by atoms with E-state index in [1.807, 2.05) is 6.07 Å². The number of hydrogen-bond acceptors (Lipinski definition) is 2. The molecule has 0 spiro atoms. The number of allylic oxidation sites excluding steroid dienone is 2. The van der Waals surface area contributed by atoms with Gasteiger partial charge in [0.1, 0.15) is 6.29 Å². The first-order valence-corrected chi connectivity index (χ1v) is 3.97. The second-order valence-electron chi connectivity index (χ2n) is 2.34. The summed E-state index contributed by atoms with van der Waals surface area (Å²) in [7, 11) is 0. The van der Waals surface area contributed by atoms with E-state index >= 15 is 0 Å². The number of carbonyl (C=O) groups is 1. The maximum absolute atomic E-state index is 10.2. The van der Waals surface area contributed by atoms with Gasteiger partial charge in [-0.1, -0.05) is 23.7 Å². The topological polar surface area (TPSA) is 40.9 Å². The van der Waals surface area contributed by atoms with Crippen molar-refractivity contribution in [1.82, 2.24) is 0 Å². The summed E-state index contributed by atoms with van der Waals surface area (Å²) in [5, 5.41) is 9.27. The van der Waals surface area contributed by atoms with Crippen LogP contribution >= 0.6 is 11.6 Å². The molecule has 1 aromatic carbocycles. The fraction of sp³-hybridized carbons (Fsp3) is 0. The van der Waals surface area contributed by atoms with Crippen LogP contribution in [0.15, 0.2) is 30.3 Å². The van der Waals surface area contributed by atoms with Crippen molar-refractivity contribution in [2.45, 2.75) is 0 Å². The Kier molecular flexibility index (Phi) is 3.24. The number of aldehydes is 1. The van der Waals surface area contributed by atoms with Gasteiger partial charge in [0.05, 0.1) is 11.6 Å². The van der Waals surface area contributed by atoms with Gasteiger partial charge in [-0.25, -0.2) is 0 Å². The van der Waals surface area contributed by atoms with Crippen LogP contribution in [0.25, 0.3) is 5.57 Å². The molecule has 2 nitrogen and oxygen atoms in total. The maximum atomic E-state index is 10.2. The minimum atomic E-state index is 0.340. The molecule has 64 valence electrons. The van der Waals surface area contributed by atoms with E-state index < -0.39 is 0 Å². The highest BCUT2D eigenvalue weighted by atomic mass is 35.5. The van der Waals surface area contributed by atoms with Gasteiger partial charge in [0.25, 0.3) is 0 Å². The van der Waals surface area contributed by atoms with E-state index in [1.54, 1.807) is 24.3 Å². The summed E-state index contributed by atoms with van der Waals surface area (Å²) in [6.07, 6.45) is 1.82. The van der Waals surface area contributed by atoms with E-state index in [-0.39, 0.29) is 0 Å². The summed E-state index contributed by atoms with van der Waals surface area (Å²) in [5.74, 6) is 0. The van der Waals surface area contributed by atoms with Crippen LogP contribution in [-0.2, 0) is 4.79 Å². The van der Waals surface area contributed by atoms with Gasteiger partial charge in [-0.15, -0.1) is 0 Å². The summed E-state index contributed by atoms with van der Waals surface area (Å²) >= 11 is 5.66. The Hall–Kier alpha value is -1.59. The van der Waals surface area contributed by atoms with Crippen LogP contribution in [0.1, 0.15) is 5.56 Å². The zero-order chi connectivity index (χ0) is 9.68. The van der Waals surface area contributed by atoms with Gasteiger partial charge >= 0.3 is 0 Å². The van der Waals surface area contributed by atoms with Gasteiger partial charge in [0.15, 0.2) is 0 Å². The second-order valence-corrected chi connectivity index (χ2v) is 2.77. The Bertz CT molecular complexity index is 373. The number of hydrogen-bond donors (Lipinski definition) is 0. The highest BCUT2D eigenvalue weighted by Gasteiger charge is 1.98. The number of nitriles is 1. The molecule has 13 heavy (non-hydrogen) atoms. The molecule has 0 aliphatic heterocycles. The van der Waals surface area contributed by atoms with Crippen LogP contribution in [0.4, 0.5) is 0 Å². The smallest absolute Gasteiger partial charge is 0.144 e. The fourth-order valence-corrected chi connectivity index (χ4v) is 1.02. The van der Waals surface area contributed by atoms with Crippen LogP contribution < -0.4 is 0 Å². The molecule has 0 amide bonds. The predicted octanol–water partition coefficient (Wildman–Crippen LogP) is 2.45. The van der Waals surface area contributed by atoms with Crippen LogP contribution in [-0.4, -0.2) is 6.29 Å². The van der Waals surface area contributed by atoms with Crippen LogP contribution in [0, 0.1) is 11.3 Å². The summed E-state index contributed by atoms with van der Waals surface area (Å²) in [4.78, 5) is 10.2. The average Bonchev–Trinajstić information content (AvgIpc) is 2.16. The Labute approximate surface area is 81.1 Å². The standard InChI is InChI=1S/C10H6ClNO/c11-10-3-1-8(2-4-10)9(7-12)5-6-13/h1-6H. The molecule has 0 atom stereocenters. The van der Waals surface area contributed by atoms with Gasteiger partial charge in [0, 0.05) is 5.02 Å². The molecule has 0 radical (unpaired) electrons. The zero-order valence-electron chi connectivity index (χ0n) is 6.70. The summed E-state index contributed by atoms with van der Waals surface area (Å²) in [6, 6.07) is 8.66. The molecule has 0 fully saturated rings. The van der Waals surface area contributed by atoms with Crippen molar-refractivity contribution < 1.29 is 4.79 Å². The third kappa shape index (κ3) is 2.43. The Morgan fingerprint density at radius 2 is 2.00 bits per heavy atom. The lowest BCUT2D eigenvalue weighted by atomic mass is 10.1. The van der Waals surface area contributed by atoms with E-state index in [0.717, 1.165) is 0 Å². The van der Waals surface area contributed by atoms with E-state index in [2.05, 4.69) is 0 Å². The zero-order valence-corrected chi connectivity index (χ0v) is 7.45. The molecule has 0 unspecified atom stereocenters. The van der Waals surface area contributed by atoms with Crippen molar-refractivity contribution in [2.24, 2.45) is 0 Å². The predicted molar refractivity (Wildman–Crippen MR) is 51.1 cm³/mol. The van der Waals surface area contributed by atoms with Crippen molar-refractivity contribution in [1.29, 1.82) is 5.26 Å². The minimum absolute atomic E-state index is 0.340. The second kappa shape index (κ2) is 4.44. The van der Waals surface area contributed by atoms with E-state index in [4.69, 9.17) is 16.9 Å². The summed E-state index contributed by atoms with van der Waals surface area (Å²) in [5.41, 5.74) is 1.03. The van der Waals surface area contributed by atoms with Crippen molar-refractivity contribution in [3.63, 3.8) is 0 Å². The largest absolute Gasteiger partial charge is 0.299 e. The molecular weight excluding hydrogens is 186 g/mol. The maximum Gasteiger partial charge on any atom is 0.144 e. The lowest BCUT2D eigenvalue weighted by Crippen LogP contribution is -1.81. The minimum Gasteiger partial charge on any atom is -0.299 e. The molecule has 0 aromatic heterocycles. The van der Waals surface area contributed by atoms with Crippen molar-refractivity contribution in [3.8, 4) is 6.07 Å². The Morgan fingerprint density at radius 3 is 2.46 bits per heavy atom. The van der Waals surface area contributed by atoms with Crippen molar-refractivity contribution in [3.05, 3.63) is 40.9 Å². The first-order valence-electron chi connectivity index (χ1n) is 3.59. The summed E-state index contributed by atoms with van der Waals surface area (Å²) < 4.78 is 0. The van der Waals surface area contributed by atoms with Crippen molar-refractivity contribution >= 4 is 23.5 Å². The molecule has 0 N–H and O–H groups in total. The van der Waals surface area contributed by atoms with Crippen LogP contribution in [0.5, 0.6) is 0 Å². The van der Waals surface area contributed by atoms with Gasteiger partial charge < -0.3 is 0 Å². The molecule has 1 rings (SSSR count). The SMILES string of the molecule is N#CC(=CC=O)c1ccc(Cl)cc1. The van der Waals surface area contributed by atoms with E-state index in [1.165, 1.54) is 6.08 Å². The van der Waals surface area contributed by atoms with Crippen LogP contribution in [0.3, 0.4) is 0 Å². The molecule has 3 heteroatoms. The summed E-state index contributed by atoms with van der Waals surface area (Å²) in [6.45, 7) is 0. The molecule has 1 aromatic rings. The van der Waals surface area contributed by atoms with Gasteiger partial charge in [-0.2, -0.15) is 5.26 Å². The highest BCUT2D eigenvalue weighted by molar-refractivity contribution is 6.30. The quantitative estimate of drug-likeness (QED) is 0.409. The van der Waals surface area contributed by atoms with E-state index in [9.17, 15) is 4.79 Å². The third-order valence-corrected chi connectivity index (χ3v) is 1.76. The molecular formula is C10H6ClNO. The molecule has 0 heterocycles. The van der Waals surface area contributed by atoms with Crippen LogP contribution in [0.2, 0.25) is 5.02 Å². The number of rotatable bonds is 2. The number of benzene rings is 1. The molecule has 0 aliphatic carbocycles. The molecule has 0 bridgehead atoms. The van der Waals surface area contributed by atoms with E-state index in [0.29, 0.717) is 22.4 Å². The normalized spacial score (nSPS) is 10.6. The Morgan fingerprint density at radius 1 is 1.38 bits per heavy atom. The molecule has 0 saturated carbocycles. The number of carbonyl (C=O) groups excluding carboxylic acids is 1. The van der Waals surface area contributed by atoms with Gasteiger partial charge in [-0.05, 0) is 23.8 Å². The average molecular weight is 192 g/mol. The monoisotopic (exact) mass is 191 g/mol. The molecule has 0 saturated heterocycles. The Balaban J connectivity index is 3.08. The first-order chi connectivity index (χ1) is 6.27.